The fourth-order valence-electron chi connectivity index (χ4n) is 0. The first-order valence-electron chi connectivity index (χ1n) is 0.612. The van der Waals surface area contributed by atoms with E-state index in [2.05, 4.69) is 0 Å². The second kappa shape index (κ2) is 3.79. The minimum atomic E-state index is -2.33. The number of carbonyl (C=O) groups excluding carboxylic acids is 1. The molecule has 0 aliphatic carbocycles. The first-order chi connectivity index (χ1) is 1.73. The van der Waals surface area contributed by atoms with Crippen LogP contribution in [0.25, 0.3) is 0 Å². The summed E-state index contributed by atoms with van der Waals surface area (Å²) in [6.07, 6.45) is -2.33. The van der Waals surface area contributed by atoms with Crippen LogP contribution in [0.1, 0.15) is 1.43 Å². The van der Waals surface area contributed by atoms with Gasteiger partial charge in [0.15, 0.2) is 0 Å². The molecule has 3 nitrogen and oxygen atoms in total. The summed E-state index contributed by atoms with van der Waals surface area (Å²) in [5, 5.41) is 16.7. The molecule has 0 saturated carbocycles. The summed E-state index contributed by atoms with van der Waals surface area (Å²) in [5.74, 6) is 0. The average molecular weight is 116 g/mol. The Kier molecular flexibility index (Phi) is 6.70. The van der Waals surface area contributed by atoms with Gasteiger partial charge in [-0.3, -0.25) is 0 Å². The molecule has 0 amide bonds. The third-order valence-corrected chi connectivity index (χ3v) is 0. The maximum absolute atomic E-state index is 8.33. The van der Waals surface area contributed by atoms with E-state index in [4.69, 9.17) is 15.0 Å². The second-order valence-electron chi connectivity index (χ2n) is 0.250. The smallest absolute Gasteiger partial charge is 0.652 e. The molecule has 5 heavy (non-hydrogen) atoms. The van der Waals surface area contributed by atoms with Gasteiger partial charge in [0, 0.05) is 0 Å². The van der Waals surface area contributed by atoms with Crippen molar-refractivity contribution in [1.82, 2.24) is 0 Å². The molecular formula is CHMnO3+. The molecule has 0 atom stereocenters. The quantitative estimate of drug-likeness (QED) is 0.333. The van der Waals surface area contributed by atoms with E-state index in [1.165, 1.54) is 0 Å². The molecule has 0 saturated heterocycles. The third kappa shape index (κ3) is 274. The topological polar surface area (TPSA) is 63.2 Å². The van der Waals surface area contributed by atoms with Crippen LogP contribution in [-0.4, -0.2) is 6.16 Å². The molecule has 0 aliphatic heterocycles. The Hall–Kier alpha value is -0.211. The Morgan fingerprint density at radius 2 is 1.60 bits per heavy atom. The molecule has 0 fully saturated rings. The van der Waals surface area contributed by atoms with Crippen LogP contribution in [0.3, 0.4) is 0 Å². The number of hydrogen-bond acceptors (Lipinski definition) is 3. The number of rotatable bonds is 0. The molecule has 0 N–H and O–H groups in total. The van der Waals surface area contributed by atoms with Gasteiger partial charge in [0.05, 0.1) is 0 Å². The van der Waals surface area contributed by atoms with Gasteiger partial charge in [-0.1, -0.05) is 0 Å². The molecule has 0 aromatic heterocycles. The zero-order valence-corrected chi connectivity index (χ0v) is 3.28. The summed E-state index contributed by atoms with van der Waals surface area (Å²) in [4.78, 5) is 8.33. The van der Waals surface area contributed by atoms with Crippen molar-refractivity contribution in [2.45, 2.75) is 0 Å². The Labute approximate surface area is 40.6 Å². The molecule has 0 spiro atoms. The van der Waals surface area contributed by atoms with Crippen LogP contribution >= 0.6 is 0 Å². The van der Waals surface area contributed by atoms with E-state index in [1.807, 2.05) is 0 Å². The minimum absolute atomic E-state index is 0. The summed E-state index contributed by atoms with van der Waals surface area (Å²) in [6.45, 7) is 0. The molecule has 29 valence electrons. The number of carbonyl (C=O) groups is 1. The fraction of sp³-hybridized carbons (Fsp3) is 0. The van der Waals surface area contributed by atoms with Gasteiger partial charge in [-0.15, -0.1) is 0 Å². The summed E-state index contributed by atoms with van der Waals surface area (Å²) < 4.78 is 0. The van der Waals surface area contributed by atoms with Crippen LogP contribution in [0.15, 0.2) is 0 Å². The van der Waals surface area contributed by atoms with Gasteiger partial charge in [0.2, 0.25) is 0 Å². The molecule has 4 heteroatoms. The van der Waals surface area contributed by atoms with E-state index in [-0.39, 0.29) is 18.5 Å². The molecule has 0 aromatic carbocycles. The van der Waals surface area contributed by atoms with Crippen molar-refractivity contribution in [2.75, 3.05) is 0 Å². The summed E-state index contributed by atoms with van der Waals surface area (Å²) in [6, 6.07) is 0. The van der Waals surface area contributed by atoms with E-state index < -0.39 is 6.16 Å². The van der Waals surface area contributed by atoms with E-state index in [1.54, 1.807) is 0 Å². The monoisotopic (exact) mass is 116 g/mol. The van der Waals surface area contributed by atoms with Crippen molar-refractivity contribution in [3.63, 3.8) is 0 Å². The zero-order chi connectivity index (χ0) is 3.58. The Morgan fingerprint density at radius 1 is 1.60 bits per heavy atom. The summed E-state index contributed by atoms with van der Waals surface area (Å²) >= 11 is 0. The standard InChI is InChI=1S/CH2O3.Mn/c2-1(3)4;/h(H2,2,3,4);/q;+2/p-1. The van der Waals surface area contributed by atoms with Crippen molar-refractivity contribution in [2.24, 2.45) is 0 Å². The van der Waals surface area contributed by atoms with Crippen LogP contribution in [0, 0.1) is 0 Å². The third-order valence-electron chi connectivity index (χ3n) is 0. The fourth-order valence-corrected chi connectivity index (χ4v) is 0. The van der Waals surface area contributed by atoms with E-state index in [0.29, 0.717) is 0 Å². The van der Waals surface area contributed by atoms with Gasteiger partial charge in [0.25, 0.3) is 0 Å². The molecule has 0 aromatic rings. The van der Waals surface area contributed by atoms with Crippen LogP contribution in [-0.2, 0) is 17.1 Å². The SMILES string of the molecule is O=C([O-])[O-].[H+].[Mn+2]. The van der Waals surface area contributed by atoms with Crippen LogP contribution in [0.4, 0.5) is 4.79 Å². The van der Waals surface area contributed by atoms with Crippen molar-refractivity contribution in [1.29, 1.82) is 0 Å². The molecule has 0 heterocycles. The second-order valence-corrected chi connectivity index (χ2v) is 0.250. The molecule has 0 aliphatic rings. The Balaban J connectivity index is -0.0000000450. The minimum Gasteiger partial charge on any atom is -0.652 e. The van der Waals surface area contributed by atoms with Crippen molar-refractivity contribution < 1.29 is 33.5 Å². The first-order valence-corrected chi connectivity index (χ1v) is 0.612. The predicted octanol–water partition coefficient (Wildman–Crippen LogP) is -2.34. The molecular weight excluding hydrogens is 115 g/mol. The number of carboxylic acid groups (broad SMARTS) is 2. The van der Waals surface area contributed by atoms with Gasteiger partial charge >= 0.3 is 18.5 Å². The van der Waals surface area contributed by atoms with E-state index in [0.717, 1.165) is 0 Å². The molecule has 0 bridgehead atoms. The maximum Gasteiger partial charge on any atom is 2.00 e. The summed E-state index contributed by atoms with van der Waals surface area (Å²) in [7, 11) is 0. The zero-order valence-electron chi connectivity index (χ0n) is 3.10. The van der Waals surface area contributed by atoms with Crippen LogP contribution in [0.2, 0.25) is 0 Å². The predicted molar refractivity (Wildman–Crippen MR) is 6.51 cm³/mol. The van der Waals surface area contributed by atoms with Crippen molar-refractivity contribution in [3.8, 4) is 0 Å². The van der Waals surface area contributed by atoms with Gasteiger partial charge in [-0.2, -0.15) is 0 Å². The van der Waals surface area contributed by atoms with Crippen LogP contribution < -0.4 is 10.2 Å². The molecule has 0 unspecified atom stereocenters. The van der Waals surface area contributed by atoms with Gasteiger partial charge in [-0.25, -0.2) is 0 Å². The average Bonchev–Trinajstić information content (AvgIpc) is 0.811. The molecule has 1 radical (unpaired) electrons. The normalized spacial score (nSPS) is 4.80. The van der Waals surface area contributed by atoms with Gasteiger partial charge in [0.1, 0.15) is 0 Å². The number of hydrogen-bond donors (Lipinski definition) is 0. The van der Waals surface area contributed by atoms with Gasteiger partial charge < -0.3 is 15.0 Å². The first kappa shape index (κ1) is 8.84. The molecule has 0 rings (SSSR count). The Bertz CT molecular complexity index is 33.8. The summed E-state index contributed by atoms with van der Waals surface area (Å²) in [5.41, 5.74) is 0. The Morgan fingerprint density at radius 3 is 1.60 bits per heavy atom. The van der Waals surface area contributed by atoms with E-state index in [9.17, 15) is 0 Å². The van der Waals surface area contributed by atoms with Gasteiger partial charge in [-0.05, 0) is 6.16 Å². The van der Waals surface area contributed by atoms with E-state index >= 15 is 0 Å². The van der Waals surface area contributed by atoms with Crippen LogP contribution in [0.5, 0.6) is 0 Å². The van der Waals surface area contributed by atoms with Crippen molar-refractivity contribution in [3.05, 3.63) is 0 Å². The van der Waals surface area contributed by atoms with Crippen molar-refractivity contribution >= 4 is 6.16 Å². The maximum atomic E-state index is 8.33. The largest absolute Gasteiger partial charge is 2.00 e.